The third-order valence-electron chi connectivity index (χ3n) is 7.58. The van der Waals surface area contributed by atoms with E-state index in [-0.39, 0.29) is 30.7 Å². The Balaban J connectivity index is 1.20. The average Bonchev–Trinajstić information content (AvgIpc) is 3.59. The van der Waals surface area contributed by atoms with Crippen molar-refractivity contribution >= 4 is 29.0 Å². The zero-order valence-electron chi connectivity index (χ0n) is 22.0. The van der Waals surface area contributed by atoms with Gasteiger partial charge in [0.2, 0.25) is 0 Å². The SMILES string of the molecule is O=C1Nc2ccccc2C(c2ccccc2)=C[C@@H]1Nc1nnc(-c2cn(C3CC(F)(F)C3)nc2N2CCOCC2)o1. The first kappa shape index (κ1) is 25.4. The number of nitrogens with zero attached hydrogens (tertiary/aromatic N) is 5. The Morgan fingerprint density at radius 1 is 0.976 bits per heavy atom. The van der Waals surface area contributed by atoms with Crippen molar-refractivity contribution in [1.29, 1.82) is 0 Å². The Bertz CT molecular complexity index is 1600. The largest absolute Gasteiger partial charge is 0.403 e. The van der Waals surface area contributed by atoms with Crippen LogP contribution in [0.4, 0.5) is 26.3 Å². The van der Waals surface area contributed by atoms with Gasteiger partial charge in [-0.05, 0) is 23.3 Å². The molecule has 2 aromatic carbocycles. The van der Waals surface area contributed by atoms with Gasteiger partial charge in [0.25, 0.3) is 17.7 Å². The second-order valence-corrected chi connectivity index (χ2v) is 10.4. The number of para-hydroxylation sites is 1. The van der Waals surface area contributed by atoms with Gasteiger partial charge in [-0.2, -0.15) is 5.10 Å². The molecule has 1 saturated heterocycles. The van der Waals surface area contributed by atoms with Crippen molar-refractivity contribution in [2.75, 3.05) is 41.8 Å². The maximum absolute atomic E-state index is 13.6. The molecular weight excluding hydrogens is 532 g/mol. The number of hydrogen-bond acceptors (Lipinski definition) is 8. The summed E-state index contributed by atoms with van der Waals surface area (Å²) in [4.78, 5) is 15.3. The minimum Gasteiger partial charge on any atom is -0.403 e. The van der Waals surface area contributed by atoms with Crippen molar-refractivity contribution in [2.45, 2.75) is 30.8 Å². The lowest BCUT2D eigenvalue weighted by Gasteiger charge is -2.35. The highest BCUT2D eigenvalue weighted by molar-refractivity contribution is 6.05. The summed E-state index contributed by atoms with van der Waals surface area (Å²) in [6.45, 7) is 2.25. The maximum Gasteiger partial charge on any atom is 0.316 e. The Kier molecular flexibility index (Phi) is 6.26. The van der Waals surface area contributed by atoms with Gasteiger partial charge in [0.05, 0.1) is 19.3 Å². The van der Waals surface area contributed by atoms with Gasteiger partial charge in [-0.25, -0.2) is 8.78 Å². The molecule has 0 unspecified atom stereocenters. The van der Waals surface area contributed by atoms with Crippen LogP contribution in [0.15, 0.2) is 71.3 Å². The Morgan fingerprint density at radius 3 is 2.51 bits per heavy atom. The molecule has 210 valence electrons. The first-order chi connectivity index (χ1) is 19.9. The van der Waals surface area contributed by atoms with Gasteiger partial charge < -0.3 is 24.7 Å². The van der Waals surface area contributed by atoms with Gasteiger partial charge in [-0.1, -0.05) is 53.6 Å². The number of benzene rings is 2. The lowest BCUT2D eigenvalue weighted by Crippen LogP contribution is -2.38. The van der Waals surface area contributed by atoms with Gasteiger partial charge in [-0.3, -0.25) is 9.48 Å². The van der Waals surface area contributed by atoms with Crippen LogP contribution in [0.25, 0.3) is 17.0 Å². The highest BCUT2D eigenvalue weighted by atomic mass is 19.3. The molecule has 4 heterocycles. The van der Waals surface area contributed by atoms with E-state index in [4.69, 9.17) is 9.15 Å². The minimum atomic E-state index is -2.68. The molecule has 12 heteroatoms. The molecule has 1 atom stereocenters. The molecule has 10 nitrogen and oxygen atoms in total. The maximum atomic E-state index is 13.6. The fraction of sp³-hybridized carbons (Fsp3) is 0.310. The molecule has 2 aromatic heterocycles. The van der Waals surface area contributed by atoms with Crippen LogP contribution in [0, 0.1) is 0 Å². The van der Waals surface area contributed by atoms with Crippen molar-refractivity contribution in [2.24, 2.45) is 0 Å². The van der Waals surface area contributed by atoms with Crippen molar-refractivity contribution in [3.63, 3.8) is 0 Å². The normalized spacial score (nSPS) is 20.4. The van der Waals surface area contributed by atoms with E-state index in [1.807, 2.05) is 65.6 Å². The number of hydrogen-bond donors (Lipinski definition) is 2. The molecule has 2 N–H and O–H groups in total. The molecule has 0 spiro atoms. The Hall–Kier alpha value is -4.58. The van der Waals surface area contributed by atoms with E-state index < -0.39 is 18.0 Å². The van der Waals surface area contributed by atoms with Crippen molar-refractivity contribution in [3.05, 3.63) is 78.0 Å². The zero-order valence-corrected chi connectivity index (χ0v) is 22.0. The number of nitrogens with one attached hydrogen (secondary N) is 2. The van der Waals surface area contributed by atoms with Crippen LogP contribution in [-0.4, -0.2) is 64.2 Å². The predicted molar refractivity (Wildman–Crippen MR) is 148 cm³/mol. The highest BCUT2D eigenvalue weighted by Gasteiger charge is 2.47. The fourth-order valence-electron chi connectivity index (χ4n) is 5.42. The first-order valence-electron chi connectivity index (χ1n) is 13.5. The lowest BCUT2D eigenvalue weighted by atomic mass is 9.88. The van der Waals surface area contributed by atoms with Crippen LogP contribution in [0.2, 0.25) is 0 Å². The number of alkyl halides is 2. The van der Waals surface area contributed by atoms with Gasteiger partial charge >= 0.3 is 6.01 Å². The van der Waals surface area contributed by atoms with Crippen LogP contribution >= 0.6 is 0 Å². The van der Waals surface area contributed by atoms with E-state index in [0.717, 1.165) is 16.7 Å². The van der Waals surface area contributed by atoms with E-state index in [1.165, 1.54) is 0 Å². The second kappa shape index (κ2) is 10.1. The zero-order chi connectivity index (χ0) is 28.0. The van der Waals surface area contributed by atoms with Gasteiger partial charge in [0.1, 0.15) is 11.6 Å². The lowest BCUT2D eigenvalue weighted by molar-refractivity contribution is -0.116. The number of anilines is 3. The number of rotatable bonds is 6. The van der Waals surface area contributed by atoms with Crippen molar-refractivity contribution in [1.82, 2.24) is 20.0 Å². The number of fused-ring (bicyclic) bond motifs is 1. The average molecular weight is 560 g/mol. The number of aromatic nitrogens is 4. The fourth-order valence-corrected chi connectivity index (χ4v) is 5.42. The summed E-state index contributed by atoms with van der Waals surface area (Å²) in [7, 11) is 0. The number of halogens is 2. The molecule has 1 amide bonds. The molecule has 41 heavy (non-hydrogen) atoms. The summed E-state index contributed by atoms with van der Waals surface area (Å²) in [6.07, 6.45) is 3.00. The third kappa shape index (κ3) is 4.95. The van der Waals surface area contributed by atoms with Crippen LogP contribution in [-0.2, 0) is 9.53 Å². The summed E-state index contributed by atoms with van der Waals surface area (Å²) in [6, 6.07) is 16.3. The van der Waals surface area contributed by atoms with Crippen molar-refractivity contribution in [3.8, 4) is 11.5 Å². The molecule has 2 fully saturated rings. The van der Waals surface area contributed by atoms with Crippen molar-refractivity contribution < 1.29 is 22.7 Å². The number of amides is 1. The molecule has 0 radical (unpaired) electrons. The molecule has 0 bridgehead atoms. The molecule has 1 aliphatic carbocycles. The van der Waals surface area contributed by atoms with Crippen LogP contribution in [0.3, 0.4) is 0 Å². The minimum absolute atomic E-state index is 0.0469. The molecule has 2 aliphatic heterocycles. The smallest absolute Gasteiger partial charge is 0.316 e. The van der Waals surface area contributed by atoms with E-state index in [2.05, 4.69) is 25.9 Å². The second-order valence-electron chi connectivity index (χ2n) is 10.4. The molecule has 7 rings (SSSR count). The third-order valence-corrected chi connectivity index (χ3v) is 7.58. The molecule has 1 saturated carbocycles. The summed E-state index contributed by atoms with van der Waals surface area (Å²) < 4.78 is 40.3. The number of ether oxygens (including phenoxy) is 1. The predicted octanol–water partition coefficient (Wildman–Crippen LogP) is 4.60. The molecular formula is C29H27F2N7O3. The molecule has 4 aromatic rings. The standard InChI is InChI=1S/C29H27F2N7O3/c30-29(31)15-19(16-29)38-17-22(25(36-38)37-10-12-40-13-11-37)27-34-35-28(41-27)33-24-14-21(18-6-2-1-3-7-18)20-8-4-5-9-23(20)32-26(24)39/h1-9,14,17,19,24H,10-13,15-16H2,(H,32,39)(H,33,35)/t24-/m0/s1. The monoisotopic (exact) mass is 559 g/mol. The number of carbonyl (C=O) groups is 1. The number of morpholine rings is 1. The van der Waals surface area contributed by atoms with Crippen LogP contribution in [0.5, 0.6) is 0 Å². The summed E-state index contributed by atoms with van der Waals surface area (Å²) in [5, 5.41) is 19.1. The highest BCUT2D eigenvalue weighted by Crippen LogP contribution is 2.46. The molecule has 3 aliphatic rings. The topological polar surface area (TPSA) is 110 Å². The summed E-state index contributed by atoms with van der Waals surface area (Å²) in [5.41, 5.74) is 3.98. The summed E-state index contributed by atoms with van der Waals surface area (Å²) in [5.74, 6) is -2.21. The van der Waals surface area contributed by atoms with E-state index in [0.29, 0.717) is 43.4 Å². The quantitative estimate of drug-likeness (QED) is 0.353. The Labute approximate surface area is 234 Å². The summed E-state index contributed by atoms with van der Waals surface area (Å²) >= 11 is 0. The van der Waals surface area contributed by atoms with E-state index in [9.17, 15) is 13.6 Å². The van der Waals surface area contributed by atoms with E-state index in [1.54, 1.807) is 10.9 Å². The van der Waals surface area contributed by atoms with E-state index >= 15 is 0 Å². The van der Waals surface area contributed by atoms with Crippen LogP contribution in [0.1, 0.15) is 30.0 Å². The van der Waals surface area contributed by atoms with Gasteiger partial charge in [-0.15, -0.1) is 5.10 Å². The Morgan fingerprint density at radius 2 is 1.73 bits per heavy atom. The first-order valence-corrected chi connectivity index (χ1v) is 13.5. The number of carbonyl (C=O) groups excluding carboxylic acids is 1. The van der Waals surface area contributed by atoms with Gasteiger partial charge in [0, 0.05) is 43.4 Å². The van der Waals surface area contributed by atoms with Crippen LogP contribution < -0.4 is 15.5 Å². The van der Waals surface area contributed by atoms with Gasteiger partial charge in [0.15, 0.2) is 5.82 Å².